The first-order valence-corrected chi connectivity index (χ1v) is 5.97. The number of aryl methyl sites for hydroxylation is 2. The van der Waals surface area contributed by atoms with Crippen LogP contribution in [0.5, 0.6) is 5.75 Å². The van der Waals surface area contributed by atoms with E-state index in [-0.39, 0.29) is 5.54 Å². The fourth-order valence-corrected chi connectivity index (χ4v) is 1.78. The van der Waals surface area contributed by atoms with Crippen LogP contribution in [0.25, 0.3) is 0 Å². The van der Waals surface area contributed by atoms with Gasteiger partial charge >= 0.3 is 0 Å². The predicted octanol–water partition coefficient (Wildman–Crippen LogP) is 2.14. The SMILES string of the molecule is COc1cc(C)c(CNCC(C)(C)N)cc1C. The molecule has 0 aliphatic carbocycles. The maximum Gasteiger partial charge on any atom is 0.122 e. The van der Waals surface area contributed by atoms with E-state index < -0.39 is 0 Å². The van der Waals surface area contributed by atoms with Crippen LogP contribution < -0.4 is 15.8 Å². The lowest BCUT2D eigenvalue weighted by atomic mass is 10.0. The van der Waals surface area contributed by atoms with Crippen LogP contribution in [-0.4, -0.2) is 19.2 Å². The molecule has 0 unspecified atom stereocenters. The average Bonchev–Trinajstić information content (AvgIpc) is 2.20. The quantitative estimate of drug-likeness (QED) is 0.823. The molecule has 3 heteroatoms. The van der Waals surface area contributed by atoms with E-state index in [4.69, 9.17) is 10.5 Å². The zero-order valence-corrected chi connectivity index (χ0v) is 11.6. The Bertz CT molecular complexity index is 381. The Hall–Kier alpha value is -1.06. The van der Waals surface area contributed by atoms with Crippen molar-refractivity contribution >= 4 is 0 Å². The fraction of sp³-hybridized carbons (Fsp3) is 0.571. The predicted molar refractivity (Wildman–Crippen MR) is 72.4 cm³/mol. The van der Waals surface area contributed by atoms with Crippen molar-refractivity contribution in [1.29, 1.82) is 0 Å². The molecule has 0 heterocycles. The van der Waals surface area contributed by atoms with Crippen LogP contribution in [0, 0.1) is 13.8 Å². The molecule has 17 heavy (non-hydrogen) atoms. The molecule has 3 nitrogen and oxygen atoms in total. The molecule has 0 saturated carbocycles. The van der Waals surface area contributed by atoms with Gasteiger partial charge in [0, 0.05) is 18.6 Å². The van der Waals surface area contributed by atoms with Gasteiger partial charge in [-0.05, 0) is 50.5 Å². The molecule has 0 aromatic heterocycles. The van der Waals surface area contributed by atoms with E-state index in [9.17, 15) is 0 Å². The highest BCUT2D eigenvalue weighted by molar-refractivity contribution is 5.41. The van der Waals surface area contributed by atoms with E-state index in [2.05, 4.69) is 31.3 Å². The highest BCUT2D eigenvalue weighted by Gasteiger charge is 2.10. The molecular weight excluding hydrogens is 212 g/mol. The van der Waals surface area contributed by atoms with Crippen molar-refractivity contribution in [3.63, 3.8) is 0 Å². The van der Waals surface area contributed by atoms with E-state index in [0.29, 0.717) is 0 Å². The van der Waals surface area contributed by atoms with Gasteiger partial charge in [0.1, 0.15) is 5.75 Å². The molecule has 96 valence electrons. The van der Waals surface area contributed by atoms with Gasteiger partial charge in [-0.1, -0.05) is 6.07 Å². The van der Waals surface area contributed by atoms with Gasteiger partial charge in [-0.2, -0.15) is 0 Å². The van der Waals surface area contributed by atoms with Crippen molar-refractivity contribution in [1.82, 2.24) is 5.32 Å². The van der Waals surface area contributed by atoms with Crippen molar-refractivity contribution in [3.05, 3.63) is 28.8 Å². The smallest absolute Gasteiger partial charge is 0.122 e. The topological polar surface area (TPSA) is 47.3 Å². The van der Waals surface area contributed by atoms with Gasteiger partial charge < -0.3 is 15.8 Å². The molecule has 0 radical (unpaired) electrons. The van der Waals surface area contributed by atoms with Crippen LogP contribution in [0.15, 0.2) is 12.1 Å². The third-order valence-corrected chi connectivity index (χ3v) is 2.75. The molecule has 0 fully saturated rings. The Balaban J connectivity index is 2.69. The highest BCUT2D eigenvalue weighted by Crippen LogP contribution is 2.22. The van der Waals surface area contributed by atoms with Crippen molar-refractivity contribution < 1.29 is 4.74 Å². The maximum atomic E-state index is 5.93. The number of hydrogen-bond acceptors (Lipinski definition) is 3. The van der Waals surface area contributed by atoms with Gasteiger partial charge in [-0.25, -0.2) is 0 Å². The van der Waals surface area contributed by atoms with Crippen LogP contribution in [0.4, 0.5) is 0 Å². The van der Waals surface area contributed by atoms with Crippen molar-refractivity contribution in [2.45, 2.75) is 39.8 Å². The Morgan fingerprint density at radius 3 is 2.41 bits per heavy atom. The lowest BCUT2D eigenvalue weighted by Crippen LogP contribution is -2.42. The van der Waals surface area contributed by atoms with Crippen molar-refractivity contribution in [2.24, 2.45) is 5.73 Å². The minimum Gasteiger partial charge on any atom is -0.496 e. The summed E-state index contributed by atoms with van der Waals surface area (Å²) in [6, 6.07) is 4.25. The van der Waals surface area contributed by atoms with Crippen LogP contribution in [0.2, 0.25) is 0 Å². The normalized spacial score (nSPS) is 11.6. The van der Waals surface area contributed by atoms with Crippen LogP contribution >= 0.6 is 0 Å². The number of ether oxygens (including phenoxy) is 1. The molecular formula is C14H24N2O. The van der Waals surface area contributed by atoms with E-state index in [0.717, 1.165) is 18.8 Å². The van der Waals surface area contributed by atoms with Gasteiger partial charge in [0.05, 0.1) is 7.11 Å². The molecule has 1 aromatic carbocycles. The third kappa shape index (κ3) is 4.36. The summed E-state index contributed by atoms with van der Waals surface area (Å²) in [6.07, 6.45) is 0. The second-order valence-corrected chi connectivity index (χ2v) is 5.34. The third-order valence-electron chi connectivity index (χ3n) is 2.75. The van der Waals surface area contributed by atoms with Crippen LogP contribution in [-0.2, 0) is 6.54 Å². The summed E-state index contributed by atoms with van der Waals surface area (Å²) < 4.78 is 5.30. The average molecular weight is 236 g/mol. The second-order valence-electron chi connectivity index (χ2n) is 5.34. The molecule has 0 aliphatic rings. The molecule has 0 atom stereocenters. The Morgan fingerprint density at radius 1 is 1.24 bits per heavy atom. The van der Waals surface area contributed by atoms with Crippen molar-refractivity contribution in [2.75, 3.05) is 13.7 Å². The molecule has 3 N–H and O–H groups in total. The minimum atomic E-state index is -0.171. The monoisotopic (exact) mass is 236 g/mol. The molecule has 1 aromatic rings. The Labute approximate surface area is 104 Å². The van der Waals surface area contributed by atoms with E-state index in [1.807, 2.05) is 13.8 Å². The summed E-state index contributed by atoms with van der Waals surface area (Å²) in [5.41, 5.74) is 9.47. The lowest BCUT2D eigenvalue weighted by Gasteiger charge is -2.20. The summed E-state index contributed by atoms with van der Waals surface area (Å²) in [5.74, 6) is 0.949. The van der Waals surface area contributed by atoms with E-state index >= 15 is 0 Å². The van der Waals surface area contributed by atoms with Gasteiger partial charge in [-0.3, -0.25) is 0 Å². The molecule has 0 amide bonds. The largest absolute Gasteiger partial charge is 0.496 e. The van der Waals surface area contributed by atoms with Crippen LogP contribution in [0.3, 0.4) is 0 Å². The summed E-state index contributed by atoms with van der Waals surface area (Å²) in [6.45, 7) is 9.86. The summed E-state index contributed by atoms with van der Waals surface area (Å²) in [7, 11) is 1.70. The number of benzene rings is 1. The molecule has 0 aliphatic heterocycles. The van der Waals surface area contributed by atoms with Crippen LogP contribution in [0.1, 0.15) is 30.5 Å². The number of hydrogen-bond donors (Lipinski definition) is 2. The maximum absolute atomic E-state index is 5.93. The van der Waals surface area contributed by atoms with Gasteiger partial charge in [-0.15, -0.1) is 0 Å². The summed E-state index contributed by atoms with van der Waals surface area (Å²) >= 11 is 0. The molecule has 0 bridgehead atoms. The molecule has 0 saturated heterocycles. The summed E-state index contributed by atoms with van der Waals surface area (Å²) in [4.78, 5) is 0. The minimum absolute atomic E-state index is 0.171. The second kappa shape index (κ2) is 5.52. The van der Waals surface area contributed by atoms with Gasteiger partial charge in [0.2, 0.25) is 0 Å². The first-order valence-electron chi connectivity index (χ1n) is 5.97. The van der Waals surface area contributed by atoms with Gasteiger partial charge in [0.25, 0.3) is 0 Å². The lowest BCUT2D eigenvalue weighted by molar-refractivity contribution is 0.411. The Kier molecular flexibility index (Phi) is 4.54. The Morgan fingerprint density at radius 2 is 1.88 bits per heavy atom. The van der Waals surface area contributed by atoms with E-state index in [1.54, 1.807) is 7.11 Å². The number of nitrogens with one attached hydrogen (secondary N) is 1. The zero-order chi connectivity index (χ0) is 13.1. The number of nitrogens with two attached hydrogens (primary N) is 1. The summed E-state index contributed by atoms with van der Waals surface area (Å²) in [5, 5.41) is 3.38. The number of methoxy groups -OCH3 is 1. The standard InChI is InChI=1S/C14H24N2O/c1-10-7-13(17-5)11(2)6-12(10)8-16-9-14(3,4)15/h6-7,16H,8-9,15H2,1-5H3. The zero-order valence-electron chi connectivity index (χ0n) is 11.6. The number of rotatable bonds is 5. The highest BCUT2D eigenvalue weighted by atomic mass is 16.5. The van der Waals surface area contributed by atoms with Crippen molar-refractivity contribution in [3.8, 4) is 5.75 Å². The molecule has 1 rings (SSSR count). The molecule has 0 spiro atoms. The fourth-order valence-electron chi connectivity index (χ4n) is 1.78. The first kappa shape index (κ1) is 14.0. The first-order chi connectivity index (χ1) is 7.83. The van der Waals surface area contributed by atoms with E-state index in [1.165, 1.54) is 16.7 Å². The van der Waals surface area contributed by atoms with Gasteiger partial charge in [0.15, 0.2) is 0 Å².